The molecular formula is C51H76N4O12. The highest BCUT2D eigenvalue weighted by molar-refractivity contribution is 5.84. The Morgan fingerprint density at radius 3 is 2.34 bits per heavy atom. The maximum atomic E-state index is 14.9. The minimum absolute atomic E-state index is 0.0516. The van der Waals surface area contributed by atoms with E-state index in [0.29, 0.717) is 24.2 Å². The molecule has 4 aliphatic rings. The van der Waals surface area contributed by atoms with Crippen LogP contribution in [0, 0.1) is 41.4 Å². The van der Waals surface area contributed by atoms with E-state index < -0.39 is 102 Å². The van der Waals surface area contributed by atoms with Crippen LogP contribution >= 0.6 is 0 Å². The number of fused-ring (bicyclic) bond motifs is 1. The summed E-state index contributed by atoms with van der Waals surface area (Å²) in [5.74, 6) is 2.20. The van der Waals surface area contributed by atoms with Gasteiger partial charge in [-0.05, 0) is 98.5 Å². The minimum atomic E-state index is -1.37. The van der Waals surface area contributed by atoms with Gasteiger partial charge in [-0.25, -0.2) is 4.98 Å². The second kappa shape index (κ2) is 21.6. The smallest absolute Gasteiger partial charge is 0.311 e. The van der Waals surface area contributed by atoms with Gasteiger partial charge >= 0.3 is 5.97 Å². The molecule has 0 saturated carbocycles. The molecule has 0 amide bonds. The molecule has 2 aromatic heterocycles. The number of esters is 1. The van der Waals surface area contributed by atoms with Crippen LogP contribution in [0.2, 0.25) is 0 Å². The number of aromatic nitrogens is 3. The molecule has 16 heteroatoms. The quantitative estimate of drug-likeness (QED) is 0.154. The Morgan fingerprint density at radius 1 is 0.985 bits per heavy atom. The second-order valence-electron chi connectivity index (χ2n) is 20.3. The van der Waals surface area contributed by atoms with Gasteiger partial charge in [0.05, 0.1) is 66.2 Å². The van der Waals surface area contributed by atoms with Crippen LogP contribution in [-0.4, -0.2) is 154 Å². The Balaban J connectivity index is 1.47. The first-order chi connectivity index (χ1) is 31.6. The van der Waals surface area contributed by atoms with E-state index in [-0.39, 0.29) is 44.0 Å². The molecule has 3 N–H and O–H groups in total. The Morgan fingerprint density at radius 2 is 1.72 bits per heavy atom. The maximum Gasteiger partial charge on any atom is 0.311 e. The van der Waals surface area contributed by atoms with Gasteiger partial charge in [-0.2, -0.15) is 0 Å². The minimum Gasteiger partial charge on any atom is -0.459 e. The van der Waals surface area contributed by atoms with Gasteiger partial charge in [0.1, 0.15) is 47.7 Å². The zero-order valence-corrected chi connectivity index (χ0v) is 41.8. The highest BCUT2D eigenvalue weighted by Crippen LogP contribution is 2.47. The number of likely N-dealkylation sites (N-methyl/N-ethyl adjacent to an activating group) is 1. The summed E-state index contributed by atoms with van der Waals surface area (Å²) >= 11 is 0. The lowest BCUT2D eigenvalue weighted by molar-refractivity contribution is -0.320. The largest absolute Gasteiger partial charge is 0.459 e. The normalized spacial score (nSPS) is 41.3. The number of aliphatic hydroxyl groups excluding tert-OH is 2. The molecular weight excluding hydrogens is 861 g/mol. The monoisotopic (exact) mass is 937 g/mol. The zero-order chi connectivity index (χ0) is 49.2. The molecule has 16 nitrogen and oxygen atoms in total. The van der Waals surface area contributed by atoms with E-state index in [1.54, 1.807) is 33.2 Å². The van der Waals surface area contributed by atoms with Gasteiger partial charge in [-0.3, -0.25) is 14.6 Å². The number of methoxy groups -OCH3 is 1. The highest BCUT2D eigenvalue weighted by atomic mass is 16.7. The van der Waals surface area contributed by atoms with Gasteiger partial charge in [0.2, 0.25) is 0 Å². The molecule has 0 radical (unpaired) electrons. The van der Waals surface area contributed by atoms with E-state index in [0.717, 1.165) is 11.3 Å². The number of hydrogen-bond donors (Lipinski definition) is 3. The molecule has 0 aromatic carbocycles. The Kier molecular flexibility index (Phi) is 17.0. The van der Waals surface area contributed by atoms with Crippen molar-refractivity contribution < 1.29 is 57.7 Å². The summed E-state index contributed by atoms with van der Waals surface area (Å²) in [6, 6.07) is 3.47. The van der Waals surface area contributed by atoms with Crippen LogP contribution in [0.3, 0.4) is 0 Å². The number of rotatable bonds is 10. The Labute approximate surface area is 397 Å². The molecule has 67 heavy (non-hydrogen) atoms. The fourth-order valence-electron chi connectivity index (χ4n) is 11.2. The summed E-state index contributed by atoms with van der Waals surface area (Å²) in [5, 5.41) is 23.1. The van der Waals surface area contributed by atoms with E-state index >= 15 is 0 Å². The number of carbonyl (C=O) groups excluding carboxylic acids is 2. The van der Waals surface area contributed by atoms with E-state index in [9.17, 15) is 19.8 Å². The van der Waals surface area contributed by atoms with Gasteiger partial charge in [0.15, 0.2) is 12.6 Å². The standard InChI is InChI=1S/C51H76N4O12/c1-15-39-51(11)41(29(3)27-62-51)31(5)42(56)28(2)23-50(10,61-21-17-18-35-25-54-37(26-53-35)36-19-16-20-52-36)46(67-48-43(57)38(55(12)13)22-30(4)63-48)32(6)44(33(7)47(59)65-39)66-40-24-49(9,60-14)45(58)34(8)64-40/h16,19-20,25-26,28,30-34,38-41,43-46,48,52,57-58H,3,15,21-24,27H2,1-2,4-14H3/t28?,30-,31?,32-,33+,34-,38?,39?,40?,41?,43-,44?,45?,46+,48+,49?,50?,51+/m0/s1. The molecule has 4 aliphatic heterocycles. The van der Waals surface area contributed by atoms with Crippen molar-refractivity contribution in [2.75, 3.05) is 34.4 Å². The van der Waals surface area contributed by atoms with Crippen molar-refractivity contribution in [3.8, 4) is 23.2 Å². The van der Waals surface area contributed by atoms with Crippen molar-refractivity contribution >= 4 is 11.8 Å². The third kappa shape index (κ3) is 11.2. The fourth-order valence-corrected chi connectivity index (χ4v) is 11.2. The zero-order valence-electron chi connectivity index (χ0n) is 41.8. The molecule has 10 unspecified atom stereocenters. The molecule has 6 rings (SSSR count). The summed E-state index contributed by atoms with van der Waals surface area (Å²) in [5.41, 5.74) is -0.791. The first kappa shape index (κ1) is 52.8. The SMILES string of the molecule is C=C1CO[C@]2(C)C(CC)OC(=O)[C@H](C)C(OC3CC(C)(OC)C(O)[C@H](C)O3)[C@H](C)[C@@H](O[C@H]3O[C@@H](C)CC(N(C)C)[C@@H]3O)C(C)(OCC#Cc3cnc(-c4ccc[nH]4)cn3)CC(C)C(=O)C(C)C12. The van der Waals surface area contributed by atoms with Crippen LogP contribution in [0.4, 0.5) is 0 Å². The molecule has 0 spiro atoms. The number of nitrogens with zero attached hydrogens (tertiary/aromatic N) is 3. The number of aliphatic hydroxyl groups is 2. The molecule has 4 fully saturated rings. The van der Waals surface area contributed by atoms with Crippen LogP contribution in [0.1, 0.15) is 101 Å². The van der Waals surface area contributed by atoms with Crippen LogP contribution in [-0.2, 0) is 47.5 Å². The summed E-state index contributed by atoms with van der Waals surface area (Å²) < 4.78 is 52.6. The van der Waals surface area contributed by atoms with Crippen molar-refractivity contribution in [3.05, 3.63) is 48.6 Å². The van der Waals surface area contributed by atoms with E-state index in [1.165, 1.54) is 7.11 Å². The average molecular weight is 937 g/mol. The van der Waals surface area contributed by atoms with E-state index in [1.807, 2.05) is 85.8 Å². The van der Waals surface area contributed by atoms with Crippen LogP contribution in [0.25, 0.3) is 11.4 Å². The molecule has 6 heterocycles. The van der Waals surface area contributed by atoms with Crippen molar-refractivity contribution in [1.82, 2.24) is 19.9 Å². The number of ketones is 1. The van der Waals surface area contributed by atoms with Crippen molar-refractivity contribution in [2.45, 2.75) is 173 Å². The van der Waals surface area contributed by atoms with Crippen molar-refractivity contribution in [3.63, 3.8) is 0 Å². The molecule has 372 valence electrons. The van der Waals surface area contributed by atoms with Crippen LogP contribution in [0.5, 0.6) is 0 Å². The lowest BCUT2D eigenvalue weighted by atomic mass is 9.69. The predicted octanol–water partition coefficient (Wildman–Crippen LogP) is 5.50. The van der Waals surface area contributed by atoms with E-state index in [2.05, 4.69) is 33.4 Å². The number of cyclic esters (lactones) is 1. The van der Waals surface area contributed by atoms with Gasteiger partial charge in [0.25, 0.3) is 0 Å². The Hall–Kier alpha value is -3.60. The number of H-pyrrole nitrogens is 1. The second-order valence-corrected chi connectivity index (χ2v) is 20.3. The lowest BCUT2D eigenvalue weighted by Crippen LogP contribution is -2.61. The van der Waals surface area contributed by atoms with Crippen molar-refractivity contribution in [2.24, 2.45) is 29.6 Å². The molecule has 0 bridgehead atoms. The summed E-state index contributed by atoms with van der Waals surface area (Å²) in [4.78, 5) is 43.9. The average Bonchev–Trinajstić information content (AvgIpc) is 3.95. The summed E-state index contributed by atoms with van der Waals surface area (Å²) in [6.45, 7) is 23.0. The number of hydrogen-bond acceptors (Lipinski definition) is 15. The predicted molar refractivity (Wildman–Crippen MR) is 249 cm³/mol. The maximum absolute atomic E-state index is 14.9. The molecule has 18 atom stereocenters. The topological polar surface area (TPSA) is 193 Å². The van der Waals surface area contributed by atoms with Gasteiger partial charge in [0, 0.05) is 49.4 Å². The van der Waals surface area contributed by atoms with Crippen LogP contribution < -0.4 is 0 Å². The third-order valence-electron chi connectivity index (χ3n) is 15.1. The molecule has 2 aromatic rings. The number of ether oxygens (including phenoxy) is 8. The number of aromatic amines is 1. The number of carbonyl (C=O) groups is 2. The Bertz CT molecular complexity index is 2060. The van der Waals surface area contributed by atoms with Crippen LogP contribution in [0.15, 0.2) is 42.9 Å². The summed E-state index contributed by atoms with van der Waals surface area (Å²) in [6.07, 6.45) is -1.64. The number of Topliss-reactive ketones (excluding diaryl/α,β-unsaturated/α-hetero) is 1. The summed E-state index contributed by atoms with van der Waals surface area (Å²) in [7, 11) is 5.33. The fraction of sp³-hybridized carbons (Fsp3) is 0.725. The first-order valence-corrected chi connectivity index (χ1v) is 23.9. The first-order valence-electron chi connectivity index (χ1n) is 23.9. The van der Waals surface area contributed by atoms with Gasteiger partial charge in [-0.1, -0.05) is 40.2 Å². The van der Waals surface area contributed by atoms with Gasteiger partial charge < -0.3 is 58.0 Å². The highest BCUT2D eigenvalue weighted by Gasteiger charge is 2.57. The van der Waals surface area contributed by atoms with Gasteiger partial charge in [-0.15, -0.1) is 0 Å². The van der Waals surface area contributed by atoms with Crippen molar-refractivity contribution in [1.29, 1.82) is 0 Å². The molecule has 4 saturated heterocycles. The lowest BCUT2D eigenvalue weighted by Gasteiger charge is -2.50. The number of nitrogens with one attached hydrogen (secondary N) is 1. The van der Waals surface area contributed by atoms with E-state index in [4.69, 9.17) is 37.9 Å². The third-order valence-corrected chi connectivity index (χ3v) is 15.1. The molecule has 0 aliphatic carbocycles.